The number of rotatable bonds is 3. The Morgan fingerprint density at radius 2 is 2.36 bits per heavy atom. The van der Waals surface area contributed by atoms with Crippen molar-refractivity contribution in [2.45, 2.75) is 31.8 Å². The molecule has 1 aromatic rings. The molecule has 1 atom stereocenters. The van der Waals surface area contributed by atoms with Crippen molar-refractivity contribution in [2.75, 3.05) is 0 Å². The van der Waals surface area contributed by atoms with Crippen LogP contribution in [0.25, 0.3) is 0 Å². The Morgan fingerprint density at radius 1 is 1.64 bits per heavy atom. The average molecular weight is 212 g/mol. The first kappa shape index (κ1) is 9.94. The fraction of sp³-hybridized carbons (Fsp3) is 0.545. The second-order valence-corrected chi connectivity index (χ2v) is 4.68. The molecule has 2 nitrogen and oxygen atoms in total. The molecule has 0 aliphatic heterocycles. The molecular weight excluding hydrogens is 198 g/mol. The van der Waals surface area contributed by atoms with E-state index in [1.807, 2.05) is 13.0 Å². The summed E-state index contributed by atoms with van der Waals surface area (Å²) in [7, 11) is 0. The summed E-state index contributed by atoms with van der Waals surface area (Å²) >= 11 is 5.78. The fourth-order valence-electron chi connectivity index (χ4n) is 1.74. The van der Waals surface area contributed by atoms with E-state index in [1.54, 1.807) is 12.3 Å². The van der Waals surface area contributed by atoms with Gasteiger partial charge in [-0.15, -0.1) is 0 Å². The molecule has 14 heavy (non-hydrogen) atoms. The van der Waals surface area contributed by atoms with Gasteiger partial charge in [0.25, 0.3) is 0 Å². The predicted octanol–water partition coefficient (Wildman–Crippen LogP) is 2.74. The van der Waals surface area contributed by atoms with Gasteiger partial charge in [0.1, 0.15) is 5.15 Å². The van der Waals surface area contributed by atoms with Gasteiger partial charge >= 0.3 is 0 Å². The van der Waals surface area contributed by atoms with Gasteiger partial charge in [-0.1, -0.05) is 24.4 Å². The topological polar surface area (TPSA) is 33.1 Å². The number of aliphatic hydroxyl groups is 1. The molecule has 2 rings (SSSR count). The number of nitrogens with zero attached hydrogens (tertiary/aromatic N) is 1. The van der Waals surface area contributed by atoms with Crippen molar-refractivity contribution in [2.24, 2.45) is 5.92 Å². The minimum atomic E-state index is -0.756. The van der Waals surface area contributed by atoms with E-state index >= 15 is 0 Å². The highest BCUT2D eigenvalue weighted by Crippen LogP contribution is 2.40. The summed E-state index contributed by atoms with van der Waals surface area (Å²) in [6.45, 7) is 1.84. The summed E-state index contributed by atoms with van der Waals surface area (Å²) in [6.07, 6.45) is 4.95. The molecule has 1 unspecified atom stereocenters. The summed E-state index contributed by atoms with van der Waals surface area (Å²) in [5, 5.41) is 10.7. The summed E-state index contributed by atoms with van der Waals surface area (Å²) in [6, 6.07) is 3.57. The van der Waals surface area contributed by atoms with Crippen LogP contribution in [-0.2, 0) is 5.60 Å². The van der Waals surface area contributed by atoms with Gasteiger partial charge < -0.3 is 5.11 Å². The van der Waals surface area contributed by atoms with E-state index in [-0.39, 0.29) is 0 Å². The van der Waals surface area contributed by atoms with Crippen molar-refractivity contribution in [3.8, 4) is 0 Å². The molecule has 1 aromatic heterocycles. The normalized spacial score (nSPS) is 20.5. The third-order valence-electron chi connectivity index (χ3n) is 2.73. The SMILES string of the molecule is CC(O)(CC1CC1)c1ccnc(Cl)c1. The van der Waals surface area contributed by atoms with Crippen molar-refractivity contribution in [1.29, 1.82) is 0 Å². The maximum Gasteiger partial charge on any atom is 0.129 e. The highest BCUT2D eigenvalue weighted by atomic mass is 35.5. The van der Waals surface area contributed by atoms with Gasteiger partial charge in [0.05, 0.1) is 5.60 Å². The van der Waals surface area contributed by atoms with Crippen LogP contribution in [0.15, 0.2) is 18.3 Å². The Morgan fingerprint density at radius 3 is 2.93 bits per heavy atom. The van der Waals surface area contributed by atoms with Crippen LogP contribution in [0.1, 0.15) is 31.7 Å². The van der Waals surface area contributed by atoms with Crippen LogP contribution in [0.2, 0.25) is 5.15 Å². The molecule has 1 fully saturated rings. The Balaban J connectivity index is 2.18. The van der Waals surface area contributed by atoms with Crippen LogP contribution in [0.4, 0.5) is 0 Å². The van der Waals surface area contributed by atoms with Crippen LogP contribution in [0, 0.1) is 5.92 Å². The lowest BCUT2D eigenvalue weighted by Gasteiger charge is -2.23. The molecule has 0 radical (unpaired) electrons. The molecule has 1 aliphatic rings. The number of pyridine rings is 1. The zero-order valence-electron chi connectivity index (χ0n) is 8.20. The lowest BCUT2D eigenvalue weighted by Crippen LogP contribution is -2.21. The maximum atomic E-state index is 10.2. The number of hydrogen-bond acceptors (Lipinski definition) is 2. The molecule has 0 bridgehead atoms. The molecule has 0 aromatic carbocycles. The average Bonchev–Trinajstić information content (AvgIpc) is 2.87. The van der Waals surface area contributed by atoms with Crippen molar-refractivity contribution in [3.05, 3.63) is 29.0 Å². The van der Waals surface area contributed by atoms with Crippen molar-refractivity contribution >= 4 is 11.6 Å². The number of halogens is 1. The Kier molecular flexibility index (Phi) is 2.50. The first-order valence-corrected chi connectivity index (χ1v) is 5.30. The Labute approximate surface area is 88.9 Å². The van der Waals surface area contributed by atoms with E-state index in [0.29, 0.717) is 11.1 Å². The smallest absolute Gasteiger partial charge is 0.129 e. The molecule has 3 heteroatoms. The summed E-state index contributed by atoms with van der Waals surface area (Å²) in [5.74, 6) is 0.692. The minimum absolute atomic E-state index is 0.443. The zero-order chi connectivity index (χ0) is 10.2. The van der Waals surface area contributed by atoms with Gasteiger partial charge in [-0.3, -0.25) is 0 Å². The largest absolute Gasteiger partial charge is 0.385 e. The molecule has 1 aliphatic carbocycles. The van der Waals surface area contributed by atoms with Gasteiger partial charge in [-0.05, 0) is 37.0 Å². The second-order valence-electron chi connectivity index (χ2n) is 4.29. The van der Waals surface area contributed by atoms with Gasteiger partial charge in [0.2, 0.25) is 0 Å². The summed E-state index contributed by atoms with van der Waals surface area (Å²) in [4.78, 5) is 3.90. The van der Waals surface area contributed by atoms with Gasteiger partial charge in [-0.2, -0.15) is 0 Å². The standard InChI is InChI=1S/C11H14ClNO/c1-11(14,7-8-2-3-8)9-4-5-13-10(12)6-9/h4-6,8,14H,2-3,7H2,1H3. The molecule has 76 valence electrons. The summed E-state index contributed by atoms with van der Waals surface area (Å²) < 4.78 is 0. The fourth-order valence-corrected chi connectivity index (χ4v) is 1.91. The van der Waals surface area contributed by atoms with Gasteiger partial charge in [0, 0.05) is 6.20 Å². The minimum Gasteiger partial charge on any atom is -0.385 e. The van der Waals surface area contributed by atoms with Crippen LogP contribution >= 0.6 is 11.6 Å². The van der Waals surface area contributed by atoms with Crippen molar-refractivity contribution < 1.29 is 5.11 Å². The number of aromatic nitrogens is 1. The zero-order valence-corrected chi connectivity index (χ0v) is 8.96. The highest BCUT2D eigenvalue weighted by molar-refractivity contribution is 6.29. The van der Waals surface area contributed by atoms with Crippen LogP contribution in [-0.4, -0.2) is 10.1 Å². The molecule has 1 N–H and O–H groups in total. The molecule has 0 saturated heterocycles. The lowest BCUT2D eigenvalue weighted by atomic mass is 9.91. The van der Waals surface area contributed by atoms with Gasteiger partial charge in [-0.25, -0.2) is 4.98 Å². The van der Waals surface area contributed by atoms with E-state index in [9.17, 15) is 5.11 Å². The highest BCUT2D eigenvalue weighted by Gasteiger charge is 2.32. The number of hydrogen-bond donors (Lipinski definition) is 1. The van der Waals surface area contributed by atoms with E-state index in [4.69, 9.17) is 11.6 Å². The third-order valence-corrected chi connectivity index (χ3v) is 2.94. The first-order chi connectivity index (χ1) is 6.58. The Bertz CT molecular complexity index is 334. The molecule has 0 amide bonds. The van der Waals surface area contributed by atoms with E-state index < -0.39 is 5.60 Å². The van der Waals surface area contributed by atoms with E-state index in [0.717, 1.165) is 12.0 Å². The van der Waals surface area contributed by atoms with Crippen LogP contribution in [0.3, 0.4) is 0 Å². The molecule has 1 heterocycles. The second kappa shape index (κ2) is 3.52. The first-order valence-electron chi connectivity index (χ1n) is 4.92. The molecular formula is C11H14ClNO. The third kappa shape index (κ3) is 2.25. The van der Waals surface area contributed by atoms with Crippen LogP contribution in [0.5, 0.6) is 0 Å². The monoisotopic (exact) mass is 211 g/mol. The van der Waals surface area contributed by atoms with Crippen molar-refractivity contribution in [1.82, 2.24) is 4.98 Å². The van der Waals surface area contributed by atoms with Gasteiger partial charge in [0.15, 0.2) is 0 Å². The predicted molar refractivity (Wildman–Crippen MR) is 56.2 cm³/mol. The molecule has 0 spiro atoms. The Hall–Kier alpha value is -0.600. The van der Waals surface area contributed by atoms with E-state index in [1.165, 1.54) is 12.8 Å². The van der Waals surface area contributed by atoms with Crippen molar-refractivity contribution in [3.63, 3.8) is 0 Å². The summed E-state index contributed by atoms with van der Waals surface area (Å²) in [5.41, 5.74) is 0.109. The lowest BCUT2D eigenvalue weighted by molar-refractivity contribution is 0.0417. The maximum absolute atomic E-state index is 10.2. The molecule has 1 saturated carbocycles. The van der Waals surface area contributed by atoms with E-state index in [2.05, 4.69) is 4.98 Å². The van der Waals surface area contributed by atoms with Crippen LogP contribution < -0.4 is 0 Å². The quantitative estimate of drug-likeness (QED) is 0.780.